The summed E-state index contributed by atoms with van der Waals surface area (Å²) in [5.74, 6) is 0. The van der Waals surface area contributed by atoms with E-state index in [4.69, 9.17) is 5.10 Å². The molecule has 3 nitrogen and oxygen atoms in total. The Kier molecular flexibility index (Phi) is 4.81. The van der Waals surface area contributed by atoms with E-state index in [1.165, 1.54) is 22.4 Å². The fourth-order valence-electron chi connectivity index (χ4n) is 2.98. The smallest absolute Gasteiger partial charge is 0.0648 e. The summed E-state index contributed by atoms with van der Waals surface area (Å²) in [6, 6.07) is 19.3. The molecule has 1 atom stereocenters. The average molecular weight is 319 g/mol. The first kappa shape index (κ1) is 16.5. The molecule has 0 fully saturated rings. The minimum absolute atomic E-state index is 0.310. The van der Waals surface area contributed by atoms with E-state index in [-0.39, 0.29) is 0 Å². The lowest BCUT2D eigenvalue weighted by molar-refractivity contribution is 0.572. The predicted octanol–water partition coefficient (Wildman–Crippen LogP) is 4.65. The SMILES string of the molecule is Cc1ccc(C(C)NCc2c(C)nn(-c3ccccc3)c2C)cc1. The van der Waals surface area contributed by atoms with Crippen molar-refractivity contribution in [2.24, 2.45) is 0 Å². The molecular weight excluding hydrogens is 294 g/mol. The number of nitrogens with one attached hydrogen (secondary N) is 1. The average Bonchev–Trinajstić information content (AvgIpc) is 2.88. The van der Waals surface area contributed by atoms with Gasteiger partial charge in [-0.05, 0) is 45.4 Å². The van der Waals surface area contributed by atoms with Crippen LogP contribution >= 0.6 is 0 Å². The molecule has 0 aliphatic rings. The third kappa shape index (κ3) is 3.41. The first-order chi connectivity index (χ1) is 11.6. The summed E-state index contributed by atoms with van der Waals surface area (Å²) in [5.41, 5.74) is 7.27. The minimum atomic E-state index is 0.310. The molecule has 3 heteroatoms. The topological polar surface area (TPSA) is 29.9 Å². The lowest BCUT2D eigenvalue weighted by Gasteiger charge is -2.15. The molecule has 0 aliphatic carbocycles. The molecule has 0 bridgehead atoms. The van der Waals surface area contributed by atoms with Crippen LogP contribution in [0.4, 0.5) is 0 Å². The van der Waals surface area contributed by atoms with Gasteiger partial charge in [-0.3, -0.25) is 0 Å². The number of hydrogen-bond acceptors (Lipinski definition) is 2. The molecule has 3 rings (SSSR count). The highest BCUT2D eigenvalue weighted by molar-refractivity contribution is 5.37. The maximum Gasteiger partial charge on any atom is 0.0648 e. The van der Waals surface area contributed by atoms with Crippen molar-refractivity contribution in [2.45, 2.75) is 40.3 Å². The first-order valence-corrected chi connectivity index (χ1v) is 8.46. The number of benzene rings is 2. The van der Waals surface area contributed by atoms with Gasteiger partial charge in [0, 0.05) is 23.8 Å². The highest BCUT2D eigenvalue weighted by atomic mass is 15.3. The third-order valence-corrected chi connectivity index (χ3v) is 4.60. The van der Waals surface area contributed by atoms with Crippen LogP contribution in [0, 0.1) is 20.8 Å². The number of nitrogens with zero attached hydrogens (tertiary/aromatic N) is 2. The van der Waals surface area contributed by atoms with Crippen molar-refractivity contribution in [2.75, 3.05) is 0 Å². The van der Waals surface area contributed by atoms with Crippen molar-refractivity contribution in [3.05, 3.63) is 82.7 Å². The van der Waals surface area contributed by atoms with E-state index in [2.05, 4.69) is 69.4 Å². The Morgan fingerprint density at radius 3 is 2.29 bits per heavy atom. The van der Waals surface area contributed by atoms with Gasteiger partial charge < -0.3 is 5.32 Å². The van der Waals surface area contributed by atoms with Gasteiger partial charge in [-0.2, -0.15) is 5.10 Å². The normalized spacial score (nSPS) is 12.3. The summed E-state index contributed by atoms with van der Waals surface area (Å²) >= 11 is 0. The molecule has 1 unspecified atom stereocenters. The van der Waals surface area contributed by atoms with Crippen LogP contribution in [0.25, 0.3) is 5.69 Å². The van der Waals surface area contributed by atoms with Crippen molar-refractivity contribution < 1.29 is 0 Å². The summed E-state index contributed by atoms with van der Waals surface area (Å²) in [6.07, 6.45) is 0. The van der Waals surface area contributed by atoms with E-state index < -0.39 is 0 Å². The Labute approximate surface area is 144 Å². The van der Waals surface area contributed by atoms with E-state index in [0.717, 1.165) is 17.9 Å². The number of aryl methyl sites for hydroxylation is 2. The lowest BCUT2D eigenvalue weighted by Crippen LogP contribution is -2.19. The Bertz CT molecular complexity index is 801. The van der Waals surface area contributed by atoms with Crippen LogP contribution in [0.15, 0.2) is 54.6 Å². The van der Waals surface area contributed by atoms with Crippen LogP contribution in [0.5, 0.6) is 0 Å². The van der Waals surface area contributed by atoms with Gasteiger partial charge in [-0.25, -0.2) is 4.68 Å². The van der Waals surface area contributed by atoms with E-state index in [0.29, 0.717) is 6.04 Å². The van der Waals surface area contributed by atoms with Crippen molar-refractivity contribution >= 4 is 0 Å². The fourth-order valence-corrected chi connectivity index (χ4v) is 2.98. The van der Waals surface area contributed by atoms with Gasteiger partial charge in [0.2, 0.25) is 0 Å². The van der Waals surface area contributed by atoms with Gasteiger partial charge in [0.25, 0.3) is 0 Å². The number of aromatic nitrogens is 2. The minimum Gasteiger partial charge on any atom is -0.306 e. The van der Waals surface area contributed by atoms with Gasteiger partial charge in [-0.15, -0.1) is 0 Å². The Hall–Kier alpha value is -2.39. The molecular formula is C21H25N3. The van der Waals surface area contributed by atoms with Crippen molar-refractivity contribution in [1.82, 2.24) is 15.1 Å². The molecule has 124 valence electrons. The predicted molar refractivity (Wildman–Crippen MR) is 99.5 cm³/mol. The van der Waals surface area contributed by atoms with Crippen LogP contribution < -0.4 is 5.32 Å². The second kappa shape index (κ2) is 7.02. The molecule has 0 radical (unpaired) electrons. The Morgan fingerprint density at radius 2 is 1.62 bits per heavy atom. The van der Waals surface area contributed by atoms with E-state index in [1.807, 2.05) is 22.9 Å². The molecule has 0 saturated carbocycles. The molecule has 24 heavy (non-hydrogen) atoms. The van der Waals surface area contributed by atoms with E-state index in [9.17, 15) is 0 Å². The van der Waals surface area contributed by atoms with Gasteiger partial charge in [0.1, 0.15) is 0 Å². The molecule has 1 heterocycles. The molecule has 0 saturated heterocycles. The Balaban J connectivity index is 1.76. The third-order valence-electron chi connectivity index (χ3n) is 4.60. The zero-order chi connectivity index (χ0) is 17.1. The summed E-state index contributed by atoms with van der Waals surface area (Å²) in [4.78, 5) is 0. The standard InChI is InChI=1S/C21H25N3/c1-15-10-12-19(13-11-15)16(2)22-14-21-17(3)23-24(18(21)4)20-8-6-5-7-9-20/h5-13,16,22H,14H2,1-4H3. The molecule has 1 aromatic heterocycles. The molecule has 0 aliphatic heterocycles. The first-order valence-electron chi connectivity index (χ1n) is 8.46. The van der Waals surface area contributed by atoms with Crippen molar-refractivity contribution in [1.29, 1.82) is 0 Å². The highest BCUT2D eigenvalue weighted by Gasteiger charge is 2.14. The Morgan fingerprint density at radius 1 is 0.958 bits per heavy atom. The molecule has 1 N–H and O–H groups in total. The number of para-hydroxylation sites is 1. The van der Waals surface area contributed by atoms with Gasteiger partial charge in [0.15, 0.2) is 0 Å². The zero-order valence-corrected chi connectivity index (χ0v) is 14.9. The largest absolute Gasteiger partial charge is 0.306 e. The number of rotatable bonds is 5. The van der Waals surface area contributed by atoms with Crippen molar-refractivity contribution in [3.8, 4) is 5.69 Å². The second-order valence-corrected chi connectivity index (χ2v) is 6.41. The molecule has 0 spiro atoms. The molecule has 3 aromatic rings. The monoisotopic (exact) mass is 319 g/mol. The summed E-state index contributed by atoms with van der Waals surface area (Å²) in [6.45, 7) is 9.36. The lowest BCUT2D eigenvalue weighted by atomic mass is 10.1. The van der Waals surface area contributed by atoms with Crippen LogP contribution in [0.3, 0.4) is 0 Å². The van der Waals surface area contributed by atoms with Gasteiger partial charge in [-0.1, -0.05) is 48.0 Å². The summed E-state index contributed by atoms with van der Waals surface area (Å²) in [5, 5.41) is 8.35. The van der Waals surface area contributed by atoms with E-state index >= 15 is 0 Å². The summed E-state index contributed by atoms with van der Waals surface area (Å²) < 4.78 is 2.03. The van der Waals surface area contributed by atoms with Crippen LogP contribution in [0.1, 0.15) is 41.0 Å². The van der Waals surface area contributed by atoms with Crippen LogP contribution in [0.2, 0.25) is 0 Å². The van der Waals surface area contributed by atoms with Crippen LogP contribution in [-0.4, -0.2) is 9.78 Å². The second-order valence-electron chi connectivity index (χ2n) is 6.41. The summed E-state index contributed by atoms with van der Waals surface area (Å²) in [7, 11) is 0. The molecule has 2 aromatic carbocycles. The maximum atomic E-state index is 4.72. The van der Waals surface area contributed by atoms with E-state index in [1.54, 1.807) is 0 Å². The van der Waals surface area contributed by atoms with Crippen molar-refractivity contribution in [3.63, 3.8) is 0 Å². The highest BCUT2D eigenvalue weighted by Crippen LogP contribution is 2.19. The van der Waals surface area contributed by atoms with Gasteiger partial charge in [0.05, 0.1) is 11.4 Å². The fraction of sp³-hybridized carbons (Fsp3) is 0.286. The molecule has 0 amide bonds. The maximum absolute atomic E-state index is 4.72. The number of hydrogen-bond donors (Lipinski definition) is 1. The van der Waals surface area contributed by atoms with Gasteiger partial charge >= 0.3 is 0 Å². The zero-order valence-electron chi connectivity index (χ0n) is 14.9. The van der Waals surface area contributed by atoms with Crippen LogP contribution in [-0.2, 0) is 6.54 Å². The quantitative estimate of drug-likeness (QED) is 0.742.